The second kappa shape index (κ2) is 6.23. The van der Waals surface area contributed by atoms with Crippen LogP contribution in [-0.2, 0) is 6.42 Å². The lowest BCUT2D eigenvalue weighted by atomic mass is 10.1. The molecule has 0 aliphatic carbocycles. The van der Waals surface area contributed by atoms with E-state index >= 15 is 0 Å². The standard InChI is InChI=1S/C13H20N2/c1-3-7-13(14)15(2)11-10-12-8-5-4-6-9-12/h4-6,8-9,14H,3,7,10-11H2,1-2H3. The van der Waals surface area contributed by atoms with Gasteiger partial charge in [0.05, 0.1) is 5.84 Å². The number of nitrogens with zero attached hydrogens (tertiary/aromatic N) is 1. The lowest BCUT2D eigenvalue weighted by Gasteiger charge is -2.19. The van der Waals surface area contributed by atoms with Gasteiger partial charge >= 0.3 is 0 Å². The van der Waals surface area contributed by atoms with Crippen molar-refractivity contribution in [1.29, 1.82) is 5.41 Å². The Morgan fingerprint density at radius 3 is 2.53 bits per heavy atom. The van der Waals surface area contributed by atoms with Gasteiger partial charge in [0.15, 0.2) is 0 Å². The maximum atomic E-state index is 7.79. The highest BCUT2D eigenvalue weighted by Gasteiger charge is 2.02. The molecule has 0 aliphatic rings. The molecule has 0 heterocycles. The molecule has 2 nitrogen and oxygen atoms in total. The molecular weight excluding hydrogens is 184 g/mol. The first-order valence-corrected chi connectivity index (χ1v) is 5.56. The zero-order valence-electron chi connectivity index (χ0n) is 9.66. The molecule has 0 spiro atoms. The molecule has 1 aromatic rings. The van der Waals surface area contributed by atoms with Crippen LogP contribution in [-0.4, -0.2) is 24.3 Å². The van der Waals surface area contributed by atoms with E-state index in [4.69, 9.17) is 5.41 Å². The molecule has 15 heavy (non-hydrogen) atoms. The number of hydrogen-bond donors (Lipinski definition) is 1. The fraction of sp³-hybridized carbons (Fsp3) is 0.462. The zero-order chi connectivity index (χ0) is 11.1. The maximum Gasteiger partial charge on any atom is 0.0955 e. The van der Waals surface area contributed by atoms with Crippen molar-refractivity contribution in [2.24, 2.45) is 0 Å². The number of rotatable bonds is 5. The van der Waals surface area contributed by atoms with Crippen LogP contribution in [0, 0.1) is 5.41 Å². The van der Waals surface area contributed by atoms with Crippen molar-refractivity contribution >= 4 is 5.84 Å². The van der Waals surface area contributed by atoms with E-state index in [1.54, 1.807) is 0 Å². The molecule has 1 rings (SSSR count). The first-order valence-electron chi connectivity index (χ1n) is 5.56. The van der Waals surface area contributed by atoms with Gasteiger partial charge in [0.1, 0.15) is 0 Å². The van der Waals surface area contributed by atoms with Gasteiger partial charge < -0.3 is 4.90 Å². The molecule has 0 aliphatic heterocycles. The van der Waals surface area contributed by atoms with Crippen LogP contribution in [0.1, 0.15) is 25.3 Å². The molecular formula is C13H20N2. The van der Waals surface area contributed by atoms with Crippen LogP contribution in [0.25, 0.3) is 0 Å². The molecule has 0 radical (unpaired) electrons. The number of likely N-dealkylation sites (N-methyl/N-ethyl adjacent to an activating group) is 1. The van der Waals surface area contributed by atoms with Gasteiger partial charge in [-0.15, -0.1) is 0 Å². The second-order valence-corrected chi connectivity index (χ2v) is 3.85. The van der Waals surface area contributed by atoms with Gasteiger partial charge in [0, 0.05) is 20.0 Å². The topological polar surface area (TPSA) is 27.1 Å². The Morgan fingerprint density at radius 1 is 1.27 bits per heavy atom. The Morgan fingerprint density at radius 2 is 1.93 bits per heavy atom. The summed E-state index contributed by atoms with van der Waals surface area (Å²) in [5.74, 6) is 0.744. The lowest BCUT2D eigenvalue weighted by molar-refractivity contribution is 0.491. The van der Waals surface area contributed by atoms with Crippen LogP contribution in [0.2, 0.25) is 0 Å². The summed E-state index contributed by atoms with van der Waals surface area (Å²) in [5, 5.41) is 7.79. The van der Waals surface area contributed by atoms with Gasteiger partial charge in [-0.05, 0) is 18.4 Å². The van der Waals surface area contributed by atoms with Crippen molar-refractivity contribution in [2.75, 3.05) is 13.6 Å². The smallest absolute Gasteiger partial charge is 0.0955 e. The van der Waals surface area contributed by atoms with Crippen molar-refractivity contribution in [1.82, 2.24) is 4.90 Å². The predicted molar refractivity (Wildman–Crippen MR) is 65.4 cm³/mol. The SMILES string of the molecule is CCCC(=N)N(C)CCc1ccccc1. The van der Waals surface area contributed by atoms with Gasteiger partial charge in [0.25, 0.3) is 0 Å². The van der Waals surface area contributed by atoms with E-state index in [0.29, 0.717) is 0 Å². The monoisotopic (exact) mass is 204 g/mol. The normalized spacial score (nSPS) is 10.0. The van der Waals surface area contributed by atoms with Crippen LogP contribution < -0.4 is 0 Å². The number of amidine groups is 1. The van der Waals surface area contributed by atoms with Gasteiger partial charge in [0.2, 0.25) is 0 Å². The largest absolute Gasteiger partial charge is 0.363 e. The summed E-state index contributed by atoms with van der Waals surface area (Å²) in [4.78, 5) is 2.04. The minimum atomic E-state index is 0.744. The third kappa shape index (κ3) is 4.15. The molecule has 1 aromatic carbocycles. The molecule has 82 valence electrons. The van der Waals surface area contributed by atoms with E-state index in [1.165, 1.54) is 5.56 Å². The number of hydrogen-bond acceptors (Lipinski definition) is 1. The minimum absolute atomic E-state index is 0.744. The fourth-order valence-corrected chi connectivity index (χ4v) is 1.50. The van der Waals surface area contributed by atoms with E-state index < -0.39 is 0 Å². The molecule has 0 aromatic heterocycles. The molecule has 0 atom stereocenters. The summed E-state index contributed by atoms with van der Waals surface area (Å²) in [6, 6.07) is 10.4. The van der Waals surface area contributed by atoms with Gasteiger partial charge in [-0.25, -0.2) is 0 Å². The average molecular weight is 204 g/mol. The summed E-state index contributed by atoms with van der Waals surface area (Å²) < 4.78 is 0. The highest BCUT2D eigenvalue weighted by atomic mass is 15.1. The maximum absolute atomic E-state index is 7.79. The number of benzene rings is 1. The second-order valence-electron chi connectivity index (χ2n) is 3.85. The molecule has 0 amide bonds. The lowest BCUT2D eigenvalue weighted by Crippen LogP contribution is -2.27. The number of nitrogens with one attached hydrogen (secondary N) is 1. The van der Waals surface area contributed by atoms with E-state index in [0.717, 1.165) is 31.6 Å². The molecule has 0 saturated heterocycles. The molecule has 1 N–H and O–H groups in total. The Kier molecular flexibility index (Phi) is 4.88. The van der Waals surface area contributed by atoms with E-state index in [2.05, 4.69) is 31.2 Å². The van der Waals surface area contributed by atoms with Gasteiger partial charge in [-0.1, -0.05) is 37.3 Å². The Labute approximate surface area is 92.4 Å². The highest BCUT2D eigenvalue weighted by Crippen LogP contribution is 2.02. The Hall–Kier alpha value is -1.31. The zero-order valence-corrected chi connectivity index (χ0v) is 9.66. The predicted octanol–water partition coefficient (Wildman–Crippen LogP) is 2.94. The van der Waals surface area contributed by atoms with Crippen molar-refractivity contribution in [3.8, 4) is 0 Å². The van der Waals surface area contributed by atoms with E-state index in [-0.39, 0.29) is 0 Å². The average Bonchev–Trinajstić information content (AvgIpc) is 2.27. The van der Waals surface area contributed by atoms with Crippen LogP contribution in [0.15, 0.2) is 30.3 Å². The van der Waals surface area contributed by atoms with Crippen molar-refractivity contribution in [2.45, 2.75) is 26.2 Å². The first kappa shape index (κ1) is 11.8. The van der Waals surface area contributed by atoms with Crippen LogP contribution >= 0.6 is 0 Å². The molecule has 0 bridgehead atoms. The quantitative estimate of drug-likeness (QED) is 0.579. The third-order valence-corrected chi connectivity index (χ3v) is 2.53. The van der Waals surface area contributed by atoms with Crippen molar-refractivity contribution in [3.05, 3.63) is 35.9 Å². The Balaban J connectivity index is 2.34. The van der Waals surface area contributed by atoms with Crippen LogP contribution in [0.3, 0.4) is 0 Å². The van der Waals surface area contributed by atoms with Crippen molar-refractivity contribution < 1.29 is 0 Å². The molecule has 0 fully saturated rings. The van der Waals surface area contributed by atoms with Crippen molar-refractivity contribution in [3.63, 3.8) is 0 Å². The summed E-state index contributed by atoms with van der Waals surface area (Å²) in [6.45, 7) is 3.04. The molecule has 2 heteroatoms. The summed E-state index contributed by atoms with van der Waals surface area (Å²) in [6.07, 6.45) is 2.95. The minimum Gasteiger partial charge on any atom is -0.363 e. The van der Waals surface area contributed by atoms with E-state index in [1.807, 2.05) is 18.0 Å². The van der Waals surface area contributed by atoms with Crippen LogP contribution in [0.5, 0.6) is 0 Å². The Bertz CT molecular complexity index is 293. The summed E-state index contributed by atoms with van der Waals surface area (Å²) >= 11 is 0. The molecule has 0 unspecified atom stereocenters. The highest BCUT2D eigenvalue weighted by molar-refractivity contribution is 5.78. The first-order chi connectivity index (χ1) is 7.24. The van der Waals surface area contributed by atoms with Gasteiger partial charge in [-0.3, -0.25) is 5.41 Å². The van der Waals surface area contributed by atoms with E-state index in [9.17, 15) is 0 Å². The van der Waals surface area contributed by atoms with Gasteiger partial charge in [-0.2, -0.15) is 0 Å². The van der Waals surface area contributed by atoms with Crippen LogP contribution in [0.4, 0.5) is 0 Å². The molecule has 0 saturated carbocycles. The summed E-state index contributed by atoms with van der Waals surface area (Å²) in [7, 11) is 2.00. The third-order valence-electron chi connectivity index (χ3n) is 2.53. The summed E-state index contributed by atoms with van der Waals surface area (Å²) in [5.41, 5.74) is 1.34. The fourth-order valence-electron chi connectivity index (χ4n) is 1.50.